The molecule has 5 nitrogen and oxygen atoms in total. The van der Waals surface area contributed by atoms with E-state index in [1.807, 2.05) is 0 Å². The molecule has 0 bridgehead atoms. The van der Waals surface area contributed by atoms with E-state index in [9.17, 15) is 12.8 Å². The highest BCUT2D eigenvalue weighted by atomic mass is 32.2. The number of hydrogen-bond donors (Lipinski definition) is 2. The van der Waals surface area contributed by atoms with Gasteiger partial charge in [0.25, 0.3) is 0 Å². The summed E-state index contributed by atoms with van der Waals surface area (Å²) < 4.78 is 40.1. The number of pyridine rings is 1. The molecule has 0 amide bonds. The summed E-state index contributed by atoms with van der Waals surface area (Å²) >= 11 is 0. The van der Waals surface area contributed by atoms with Crippen molar-refractivity contribution in [1.29, 1.82) is 0 Å². The van der Waals surface area contributed by atoms with Gasteiger partial charge in [-0.1, -0.05) is 19.3 Å². The van der Waals surface area contributed by atoms with E-state index in [2.05, 4.69) is 9.71 Å². The second kappa shape index (κ2) is 6.60. The fourth-order valence-corrected chi connectivity index (χ4v) is 3.97. The minimum absolute atomic E-state index is 0.160. The van der Waals surface area contributed by atoms with Gasteiger partial charge in [-0.15, -0.1) is 0 Å². The van der Waals surface area contributed by atoms with Crippen molar-refractivity contribution < 1.29 is 12.8 Å². The van der Waals surface area contributed by atoms with Gasteiger partial charge in [0.1, 0.15) is 10.7 Å². The van der Waals surface area contributed by atoms with Gasteiger partial charge in [-0.25, -0.2) is 17.5 Å². The monoisotopic (exact) mass is 301 g/mol. The van der Waals surface area contributed by atoms with Gasteiger partial charge in [-0.2, -0.15) is 0 Å². The largest absolute Gasteiger partial charge is 0.329 e. The molecule has 7 heteroatoms. The van der Waals surface area contributed by atoms with Crippen LogP contribution in [0.1, 0.15) is 32.1 Å². The maximum Gasteiger partial charge on any atom is 0.242 e. The van der Waals surface area contributed by atoms with Crippen molar-refractivity contribution >= 4 is 10.0 Å². The molecule has 3 N–H and O–H groups in total. The summed E-state index contributed by atoms with van der Waals surface area (Å²) in [6.45, 7) is 0.243. The average Bonchev–Trinajstić information content (AvgIpc) is 2.46. The number of nitrogens with two attached hydrogens (primary N) is 1. The van der Waals surface area contributed by atoms with Gasteiger partial charge < -0.3 is 5.73 Å². The van der Waals surface area contributed by atoms with Crippen molar-refractivity contribution in [1.82, 2.24) is 9.71 Å². The normalized spacial score (nSPS) is 18.9. The summed E-state index contributed by atoms with van der Waals surface area (Å²) in [5.41, 5.74) is 5.70. The minimum Gasteiger partial charge on any atom is -0.329 e. The molecule has 1 fully saturated rings. The lowest BCUT2D eigenvalue weighted by molar-refractivity contribution is 0.294. The van der Waals surface area contributed by atoms with Crippen LogP contribution in [-0.2, 0) is 10.0 Å². The highest BCUT2D eigenvalue weighted by Gasteiger charge is 2.27. The number of halogens is 1. The fraction of sp³-hybridized carbons (Fsp3) is 0.615. The molecular weight excluding hydrogens is 281 g/mol. The molecule has 0 saturated heterocycles. The van der Waals surface area contributed by atoms with Crippen LogP contribution in [0.5, 0.6) is 0 Å². The van der Waals surface area contributed by atoms with Gasteiger partial charge in [-0.05, 0) is 24.8 Å². The van der Waals surface area contributed by atoms with Crippen LogP contribution in [0, 0.1) is 11.7 Å². The highest BCUT2D eigenvalue weighted by molar-refractivity contribution is 7.89. The van der Waals surface area contributed by atoms with Gasteiger partial charge in [0.2, 0.25) is 10.0 Å². The molecule has 20 heavy (non-hydrogen) atoms. The number of hydrogen-bond acceptors (Lipinski definition) is 4. The first-order valence-electron chi connectivity index (χ1n) is 6.86. The number of aromatic nitrogens is 1. The van der Waals surface area contributed by atoms with E-state index < -0.39 is 15.8 Å². The van der Waals surface area contributed by atoms with Crippen molar-refractivity contribution in [3.63, 3.8) is 0 Å². The SMILES string of the molecule is NCC(NS(=O)(=O)c1cncc(F)c1)C1CCCCC1. The van der Waals surface area contributed by atoms with Gasteiger partial charge in [0.15, 0.2) is 0 Å². The van der Waals surface area contributed by atoms with E-state index in [1.54, 1.807) is 0 Å². The first kappa shape index (κ1) is 15.3. The number of sulfonamides is 1. The second-order valence-corrected chi connectivity index (χ2v) is 6.91. The smallest absolute Gasteiger partial charge is 0.242 e. The summed E-state index contributed by atoms with van der Waals surface area (Å²) in [7, 11) is -3.78. The molecule has 2 rings (SSSR count). The zero-order valence-electron chi connectivity index (χ0n) is 11.3. The first-order chi connectivity index (χ1) is 9.53. The fourth-order valence-electron chi connectivity index (χ4n) is 2.68. The summed E-state index contributed by atoms with van der Waals surface area (Å²) in [5.74, 6) is -0.417. The quantitative estimate of drug-likeness (QED) is 0.861. The molecule has 1 atom stereocenters. The van der Waals surface area contributed by atoms with E-state index >= 15 is 0 Å². The van der Waals surface area contributed by atoms with Gasteiger partial charge in [0, 0.05) is 18.8 Å². The molecule has 0 aliphatic heterocycles. The summed E-state index contributed by atoms with van der Waals surface area (Å²) in [4.78, 5) is 3.41. The molecule has 1 aromatic rings. The van der Waals surface area contributed by atoms with Crippen LogP contribution in [0.3, 0.4) is 0 Å². The predicted octanol–water partition coefficient (Wildman–Crippen LogP) is 1.41. The Labute approximate surface area is 118 Å². The van der Waals surface area contributed by atoms with Crippen LogP contribution in [0.2, 0.25) is 0 Å². The summed E-state index contributed by atoms with van der Waals surface area (Å²) in [6.07, 6.45) is 7.46. The Morgan fingerprint density at radius 1 is 1.35 bits per heavy atom. The Hall–Kier alpha value is -1.05. The van der Waals surface area contributed by atoms with E-state index in [0.717, 1.165) is 44.1 Å². The Kier molecular flexibility index (Phi) is 5.06. The number of nitrogens with one attached hydrogen (secondary N) is 1. The zero-order valence-corrected chi connectivity index (χ0v) is 12.1. The van der Waals surface area contributed by atoms with Crippen molar-refractivity contribution in [2.24, 2.45) is 11.7 Å². The molecule has 0 radical (unpaired) electrons. The van der Waals surface area contributed by atoms with Crippen LogP contribution in [0.4, 0.5) is 4.39 Å². The molecule has 0 aromatic carbocycles. The summed E-state index contributed by atoms with van der Waals surface area (Å²) in [6, 6.07) is 0.660. The Bertz CT molecular complexity index is 544. The molecule has 112 valence electrons. The third kappa shape index (κ3) is 3.74. The van der Waals surface area contributed by atoms with Crippen LogP contribution < -0.4 is 10.5 Å². The van der Waals surface area contributed by atoms with Gasteiger partial charge in [-0.3, -0.25) is 4.98 Å². The maximum atomic E-state index is 13.1. The summed E-state index contributed by atoms with van der Waals surface area (Å²) in [5, 5.41) is 0. The van der Waals surface area contributed by atoms with E-state index in [-0.39, 0.29) is 23.4 Å². The van der Waals surface area contributed by atoms with Crippen molar-refractivity contribution in [2.75, 3.05) is 6.54 Å². The molecule has 1 aliphatic rings. The number of nitrogens with zero attached hydrogens (tertiary/aromatic N) is 1. The average molecular weight is 301 g/mol. The topological polar surface area (TPSA) is 85.1 Å². The molecular formula is C13H20FN3O2S. The van der Waals surface area contributed by atoms with Crippen molar-refractivity contribution in [3.8, 4) is 0 Å². The molecule has 0 spiro atoms. The Morgan fingerprint density at radius 3 is 2.65 bits per heavy atom. The van der Waals surface area contributed by atoms with Crippen molar-refractivity contribution in [3.05, 3.63) is 24.3 Å². The highest BCUT2D eigenvalue weighted by Crippen LogP contribution is 2.27. The van der Waals surface area contributed by atoms with Gasteiger partial charge in [0.05, 0.1) is 6.20 Å². The third-order valence-corrected chi connectivity index (χ3v) is 5.23. The third-order valence-electron chi connectivity index (χ3n) is 3.77. The molecule has 1 heterocycles. The second-order valence-electron chi connectivity index (χ2n) is 5.20. The van der Waals surface area contributed by atoms with E-state index in [4.69, 9.17) is 5.73 Å². The van der Waals surface area contributed by atoms with E-state index in [1.165, 1.54) is 6.42 Å². The Balaban J connectivity index is 2.13. The first-order valence-corrected chi connectivity index (χ1v) is 8.34. The van der Waals surface area contributed by atoms with Gasteiger partial charge >= 0.3 is 0 Å². The van der Waals surface area contributed by atoms with Crippen LogP contribution >= 0.6 is 0 Å². The molecule has 1 unspecified atom stereocenters. The lowest BCUT2D eigenvalue weighted by Crippen LogP contribution is -2.45. The van der Waals surface area contributed by atoms with Crippen LogP contribution in [-0.4, -0.2) is 26.0 Å². The number of rotatable bonds is 5. The van der Waals surface area contributed by atoms with E-state index in [0.29, 0.717) is 0 Å². The molecule has 1 saturated carbocycles. The lowest BCUT2D eigenvalue weighted by Gasteiger charge is -2.29. The standard InChI is InChI=1S/C13H20FN3O2S/c14-11-6-12(9-16-8-11)20(18,19)17-13(7-15)10-4-2-1-3-5-10/h6,8-10,13,17H,1-5,7,15H2. The van der Waals surface area contributed by atoms with Crippen LogP contribution in [0.25, 0.3) is 0 Å². The maximum absolute atomic E-state index is 13.1. The molecule has 1 aliphatic carbocycles. The molecule has 1 aromatic heterocycles. The Morgan fingerprint density at radius 2 is 2.05 bits per heavy atom. The van der Waals surface area contributed by atoms with Crippen molar-refractivity contribution in [2.45, 2.75) is 43.0 Å². The zero-order chi connectivity index (χ0) is 14.6. The van der Waals surface area contributed by atoms with Crippen LogP contribution in [0.15, 0.2) is 23.4 Å². The lowest BCUT2D eigenvalue weighted by atomic mass is 9.84. The predicted molar refractivity (Wildman–Crippen MR) is 73.9 cm³/mol. The minimum atomic E-state index is -3.78.